The van der Waals surface area contributed by atoms with Crippen molar-refractivity contribution in [2.45, 2.75) is 44.2 Å². The van der Waals surface area contributed by atoms with Gasteiger partial charge in [0.15, 0.2) is 0 Å². The lowest BCUT2D eigenvalue weighted by molar-refractivity contribution is 0.325. The van der Waals surface area contributed by atoms with Crippen LogP contribution in [0.5, 0.6) is 0 Å². The Morgan fingerprint density at radius 3 is 3.12 bits per heavy atom. The first kappa shape index (κ1) is 11.1. The predicted molar refractivity (Wildman–Crippen MR) is 69.0 cm³/mol. The molecule has 0 radical (unpaired) electrons. The van der Waals surface area contributed by atoms with E-state index in [1.807, 2.05) is 24.0 Å². The third-order valence-electron chi connectivity index (χ3n) is 4.19. The molecular weight excluding hydrogens is 212 g/mol. The van der Waals surface area contributed by atoms with Gasteiger partial charge in [-0.1, -0.05) is 12.8 Å². The molecule has 0 aromatic carbocycles. The number of aromatic nitrogens is 2. The first-order chi connectivity index (χ1) is 8.31. The average Bonchev–Trinajstić information content (AvgIpc) is 2.91. The Hall–Kier alpha value is -1.03. The number of rotatable bonds is 3. The second-order valence-corrected chi connectivity index (χ2v) is 5.51. The van der Waals surface area contributed by atoms with Crippen LogP contribution < -0.4 is 10.6 Å². The lowest BCUT2D eigenvalue weighted by atomic mass is 9.85. The Kier molecular flexibility index (Phi) is 3.05. The first-order valence-corrected chi connectivity index (χ1v) is 6.81. The van der Waals surface area contributed by atoms with Gasteiger partial charge in [0.05, 0.1) is 0 Å². The van der Waals surface area contributed by atoms with Crippen molar-refractivity contribution >= 4 is 5.82 Å². The molecule has 1 aromatic rings. The molecule has 4 heteroatoms. The maximum atomic E-state index is 4.34. The number of anilines is 1. The molecule has 2 fully saturated rings. The van der Waals surface area contributed by atoms with Crippen LogP contribution in [0.2, 0.25) is 0 Å². The third-order valence-corrected chi connectivity index (χ3v) is 4.19. The van der Waals surface area contributed by atoms with Crippen LogP contribution in [0, 0.1) is 5.92 Å². The normalized spacial score (nSPS) is 32.4. The Balaban J connectivity index is 1.50. The molecule has 1 aliphatic heterocycles. The molecule has 0 bridgehead atoms. The smallest absolute Gasteiger partial charge is 0.148 e. The molecule has 2 aliphatic rings. The molecule has 17 heavy (non-hydrogen) atoms. The largest absolute Gasteiger partial charge is 0.367 e. The van der Waals surface area contributed by atoms with Crippen molar-refractivity contribution in [2.75, 3.05) is 11.9 Å². The minimum Gasteiger partial charge on any atom is -0.367 e. The van der Waals surface area contributed by atoms with Gasteiger partial charge in [-0.2, -0.15) is 5.10 Å². The monoisotopic (exact) mass is 234 g/mol. The molecule has 3 unspecified atom stereocenters. The van der Waals surface area contributed by atoms with E-state index in [2.05, 4.69) is 15.7 Å². The SMILES string of the molecule is Cn1ccc(NCC2CC3CCCCC3N2)n1. The molecule has 2 heterocycles. The highest BCUT2D eigenvalue weighted by Gasteiger charge is 2.34. The van der Waals surface area contributed by atoms with E-state index < -0.39 is 0 Å². The molecule has 3 atom stereocenters. The second kappa shape index (κ2) is 4.69. The van der Waals surface area contributed by atoms with E-state index in [1.54, 1.807) is 0 Å². The maximum absolute atomic E-state index is 4.34. The van der Waals surface area contributed by atoms with Crippen LogP contribution >= 0.6 is 0 Å². The van der Waals surface area contributed by atoms with Gasteiger partial charge in [0.25, 0.3) is 0 Å². The van der Waals surface area contributed by atoms with E-state index in [1.165, 1.54) is 32.1 Å². The average molecular weight is 234 g/mol. The van der Waals surface area contributed by atoms with Crippen LogP contribution in [0.3, 0.4) is 0 Å². The highest BCUT2D eigenvalue weighted by atomic mass is 15.3. The van der Waals surface area contributed by atoms with Gasteiger partial charge in [-0.15, -0.1) is 0 Å². The number of hydrogen-bond donors (Lipinski definition) is 2. The molecule has 0 amide bonds. The van der Waals surface area contributed by atoms with Crippen molar-refractivity contribution in [3.8, 4) is 0 Å². The number of aryl methyl sites for hydroxylation is 1. The third kappa shape index (κ3) is 2.46. The zero-order valence-corrected chi connectivity index (χ0v) is 10.5. The summed E-state index contributed by atoms with van der Waals surface area (Å²) in [5, 5.41) is 11.5. The molecule has 0 spiro atoms. The van der Waals surface area contributed by atoms with Gasteiger partial charge in [-0.3, -0.25) is 4.68 Å². The number of nitrogens with zero attached hydrogens (tertiary/aromatic N) is 2. The number of nitrogens with one attached hydrogen (secondary N) is 2. The van der Waals surface area contributed by atoms with Gasteiger partial charge in [0.2, 0.25) is 0 Å². The van der Waals surface area contributed by atoms with Crippen molar-refractivity contribution in [1.82, 2.24) is 15.1 Å². The molecule has 2 N–H and O–H groups in total. The van der Waals surface area contributed by atoms with Crippen LogP contribution in [0.1, 0.15) is 32.1 Å². The van der Waals surface area contributed by atoms with Crippen molar-refractivity contribution in [3.05, 3.63) is 12.3 Å². The minimum absolute atomic E-state index is 0.630. The minimum atomic E-state index is 0.630. The summed E-state index contributed by atoms with van der Waals surface area (Å²) in [6.45, 7) is 1.00. The van der Waals surface area contributed by atoms with Crippen molar-refractivity contribution in [2.24, 2.45) is 13.0 Å². The van der Waals surface area contributed by atoms with E-state index in [4.69, 9.17) is 0 Å². The maximum Gasteiger partial charge on any atom is 0.148 e. The summed E-state index contributed by atoms with van der Waals surface area (Å²) in [4.78, 5) is 0. The van der Waals surface area contributed by atoms with E-state index >= 15 is 0 Å². The Bertz CT molecular complexity index is 359. The Morgan fingerprint density at radius 1 is 1.47 bits per heavy atom. The van der Waals surface area contributed by atoms with E-state index in [0.717, 1.165) is 24.3 Å². The summed E-state index contributed by atoms with van der Waals surface area (Å²) in [5.74, 6) is 1.92. The fourth-order valence-corrected chi connectivity index (χ4v) is 3.32. The first-order valence-electron chi connectivity index (χ1n) is 6.81. The lowest BCUT2D eigenvalue weighted by Gasteiger charge is -2.24. The van der Waals surface area contributed by atoms with Gasteiger partial charge in [0.1, 0.15) is 5.82 Å². The van der Waals surface area contributed by atoms with Crippen LogP contribution in [0.15, 0.2) is 12.3 Å². The summed E-state index contributed by atoms with van der Waals surface area (Å²) in [6, 6.07) is 3.45. The zero-order chi connectivity index (χ0) is 11.7. The van der Waals surface area contributed by atoms with E-state index in [-0.39, 0.29) is 0 Å². The molecule has 3 rings (SSSR count). The molecule has 94 valence electrons. The van der Waals surface area contributed by atoms with Crippen molar-refractivity contribution in [3.63, 3.8) is 0 Å². The van der Waals surface area contributed by atoms with Gasteiger partial charge in [-0.25, -0.2) is 0 Å². The van der Waals surface area contributed by atoms with Gasteiger partial charge < -0.3 is 10.6 Å². The number of hydrogen-bond acceptors (Lipinski definition) is 3. The molecule has 1 aliphatic carbocycles. The Labute approximate surface area is 103 Å². The lowest BCUT2D eigenvalue weighted by Crippen LogP contribution is -2.36. The van der Waals surface area contributed by atoms with Crippen molar-refractivity contribution in [1.29, 1.82) is 0 Å². The highest BCUT2D eigenvalue weighted by molar-refractivity contribution is 5.32. The predicted octanol–water partition coefficient (Wildman–Crippen LogP) is 1.75. The topological polar surface area (TPSA) is 41.9 Å². The quantitative estimate of drug-likeness (QED) is 0.837. The van der Waals surface area contributed by atoms with Crippen LogP contribution in [-0.4, -0.2) is 28.4 Å². The van der Waals surface area contributed by atoms with E-state index in [9.17, 15) is 0 Å². The van der Waals surface area contributed by atoms with Crippen LogP contribution in [0.4, 0.5) is 5.82 Å². The molecule has 1 saturated heterocycles. The standard InChI is InChI=1S/C13H22N4/c1-17-7-6-13(16-17)14-9-11-8-10-4-2-3-5-12(10)15-11/h6-7,10-12,15H,2-5,8-9H2,1H3,(H,14,16). The summed E-state index contributed by atoms with van der Waals surface area (Å²) >= 11 is 0. The van der Waals surface area contributed by atoms with Gasteiger partial charge in [-0.05, 0) is 25.2 Å². The molecule has 1 aromatic heterocycles. The summed E-state index contributed by atoms with van der Waals surface area (Å²) < 4.78 is 1.84. The van der Waals surface area contributed by atoms with Gasteiger partial charge in [0, 0.05) is 37.9 Å². The zero-order valence-electron chi connectivity index (χ0n) is 10.5. The van der Waals surface area contributed by atoms with Gasteiger partial charge >= 0.3 is 0 Å². The molecular formula is C13H22N4. The molecule has 1 saturated carbocycles. The van der Waals surface area contributed by atoms with Crippen molar-refractivity contribution < 1.29 is 0 Å². The summed E-state index contributed by atoms with van der Waals surface area (Å²) in [6.07, 6.45) is 8.97. The Morgan fingerprint density at radius 2 is 2.35 bits per heavy atom. The second-order valence-electron chi connectivity index (χ2n) is 5.51. The fraction of sp³-hybridized carbons (Fsp3) is 0.769. The summed E-state index contributed by atoms with van der Waals surface area (Å²) in [7, 11) is 1.95. The number of fused-ring (bicyclic) bond motifs is 1. The van der Waals surface area contributed by atoms with Crippen LogP contribution in [0.25, 0.3) is 0 Å². The fourth-order valence-electron chi connectivity index (χ4n) is 3.32. The summed E-state index contributed by atoms with van der Waals surface area (Å²) in [5.41, 5.74) is 0. The molecule has 4 nitrogen and oxygen atoms in total. The van der Waals surface area contributed by atoms with E-state index in [0.29, 0.717) is 6.04 Å². The van der Waals surface area contributed by atoms with Crippen LogP contribution in [-0.2, 0) is 7.05 Å². The highest BCUT2D eigenvalue weighted by Crippen LogP contribution is 2.33.